The molecule has 0 atom stereocenters. The SMILES string of the molecule is Cc1nc(N(C)C)c2ccccc2n1.Cn1cc(CNCC2CCCCC2)c2c1=CC=CC=C=2. The van der Waals surface area contributed by atoms with Crippen molar-refractivity contribution in [2.75, 3.05) is 25.5 Å². The molecule has 0 unspecified atom stereocenters. The summed E-state index contributed by atoms with van der Waals surface area (Å²) in [7, 11) is 6.10. The summed E-state index contributed by atoms with van der Waals surface area (Å²) in [6.45, 7) is 4.03. The predicted octanol–water partition coefficient (Wildman–Crippen LogP) is 3.99. The summed E-state index contributed by atoms with van der Waals surface area (Å²) in [5.41, 5.74) is 5.76. The van der Waals surface area contributed by atoms with E-state index in [1.165, 1.54) is 48.2 Å². The second-order valence-electron chi connectivity index (χ2n) is 9.53. The fraction of sp³-hybridized carbons (Fsp3) is 0.414. The summed E-state index contributed by atoms with van der Waals surface area (Å²) in [5, 5.41) is 7.25. The van der Waals surface area contributed by atoms with Crippen molar-refractivity contribution in [3.05, 3.63) is 70.6 Å². The van der Waals surface area contributed by atoms with Crippen LogP contribution in [-0.2, 0) is 13.6 Å². The molecule has 0 radical (unpaired) electrons. The van der Waals surface area contributed by atoms with Crippen molar-refractivity contribution in [1.29, 1.82) is 0 Å². The molecule has 178 valence electrons. The fourth-order valence-electron chi connectivity index (χ4n) is 4.86. The Hall–Kier alpha value is -3.14. The number of hydrogen-bond acceptors (Lipinski definition) is 4. The van der Waals surface area contributed by atoms with Crippen LogP contribution in [0.15, 0.2) is 48.7 Å². The average molecular weight is 456 g/mol. The van der Waals surface area contributed by atoms with Crippen LogP contribution in [0.2, 0.25) is 0 Å². The molecule has 2 aromatic heterocycles. The third kappa shape index (κ3) is 5.85. The topological polar surface area (TPSA) is 46.0 Å². The van der Waals surface area contributed by atoms with E-state index in [9.17, 15) is 0 Å². The van der Waals surface area contributed by atoms with Crippen molar-refractivity contribution in [2.24, 2.45) is 13.0 Å². The van der Waals surface area contributed by atoms with Crippen LogP contribution >= 0.6 is 0 Å². The predicted molar refractivity (Wildman–Crippen MR) is 143 cm³/mol. The van der Waals surface area contributed by atoms with Gasteiger partial charge in [0.1, 0.15) is 11.6 Å². The van der Waals surface area contributed by atoms with Crippen LogP contribution in [-0.4, -0.2) is 35.2 Å². The molecule has 0 amide bonds. The van der Waals surface area contributed by atoms with Crippen molar-refractivity contribution < 1.29 is 0 Å². The summed E-state index contributed by atoms with van der Waals surface area (Å²) in [5.74, 6) is 2.68. The molecule has 0 spiro atoms. The highest BCUT2D eigenvalue weighted by molar-refractivity contribution is 5.89. The molecule has 5 rings (SSSR count). The number of nitrogens with zero attached hydrogens (tertiary/aromatic N) is 4. The van der Waals surface area contributed by atoms with Gasteiger partial charge < -0.3 is 14.8 Å². The smallest absolute Gasteiger partial charge is 0.139 e. The van der Waals surface area contributed by atoms with Crippen molar-refractivity contribution in [2.45, 2.75) is 45.6 Å². The monoisotopic (exact) mass is 455 g/mol. The molecule has 0 saturated heterocycles. The first kappa shape index (κ1) is 24.0. The van der Waals surface area contributed by atoms with Gasteiger partial charge in [0.15, 0.2) is 0 Å². The molecule has 5 nitrogen and oxygen atoms in total. The number of allylic oxidation sites excluding steroid dienone is 3. The zero-order valence-corrected chi connectivity index (χ0v) is 21.0. The summed E-state index contributed by atoms with van der Waals surface area (Å²) >= 11 is 0. The van der Waals surface area contributed by atoms with E-state index in [2.05, 4.69) is 51.0 Å². The molecule has 1 fully saturated rings. The number of hydrogen-bond donors (Lipinski definition) is 1. The van der Waals surface area contributed by atoms with E-state index in [-0.39, 0.29) is 0 Å². The van der Waals surface area contributed by atoms with Crippen molar-refractivity contribution >= 4 is 28.5 Å². The Labute approximate surface area is 203 Å². The third-order valence-corrected chi connectivity index (χ3v) is 6.59. The van der Waals surface area contributed by atoms with Gasteiger partial charge in [-0.25, -0.2) is 9.97 Å². The van der Waals surface area contributed by atoms with Crippen LogP contribution in [0.1, 0.15) is 43.5 Å². The van der Waals surface area contributed by atoms with E-state index in [4.69, 9.17) is 0 Å². The number of nitrogens with one attached hydrogen (secondary N) is 1. The van der Waals surface area contributed by atoms with E-state index in [1.54, 1.807) is 0 Å². The maximum absolute atomic E-state index is 4.42. The number of para-hydroxylation sites is 1. The zero-order chi connectivity index (χ0) is 23.9. The van der Waals surface area contributed by atoms with Crippen LogP contribution in [0, 0.1) is 12.8 Å². The molecule has 2 aliphatic rings. The third-order valence-electron chi connectivity index (χ3n) is 6.59. The molecule has 2 heterocycles. The largest absolute Gasteiger partial charge is 0.362 e. The maximum atomic E-state index is 4.42. The number of fused-ring (bicyclic) bond motifs is 2. The second-order valence-corrected chi connectivity index (χ2v) is 9.53. The van der Waals surface area contributed by atoms with E-state index in [1.807, 2.05) is 62.3 Å². The highest BCUT2D eigenvalue weighted by atomic mass is 15.1. The van der Waals surface area contributed by atoms with Gasteiger partial charge in [0.2, 0.25) is 0 Å². The summed E-state index contributed by atoms with van der Waals surface area (Å²) < 4.78 is 2.20. The minimum absolute atomic E-state index is 0.812. The lowest BCUT2D eigenvalue weighted by atomic mass is 9.89. The number of aromatic nitrogens is 3. The Morgan fingerprint density at radius 3 is 2.68 bits per heavy atom. The van der Waals surface area contributed by atoms with Crippen molar-refractivity contribution in [3.8, 4) is 0 Å². The molecular weight excluding hydrogens is 418 g/mol. The van der Waals surface area contributed by atoms with Gasteiger partial charge >= 0.3 is 0 Å². The molecule has 0 bridgehead atoms. The van der Waals surface area contributed by atoms with E-state index >= 15 is 0 Å². The Morgan fingerprint density at radius 1 is 1.09 bits per heavy atom. The average Bonchev–Trinajstić information content (AvgIpc) is 3.00. The second kappa shape index (κ2) is 11.3. The van der Waals surface area contributed by atoms with Gasteiger partial charge in [-0.05, 0) is 62.1 Å². The van der Waals surface area contributed by atoms with Gasteiger partial charge in [-0.2, -0.15) is 0 Å². The quantitative estimate of drug-likeness (QED) is 0.632. The van der Waals surface area contributed by atoms with E-state index in [0.29, 0.717) is 0 Å². The minimum Gasteiger partial charge on any atom is -0.362 e. The highest BCUT2D eigenvalue weighted by Crippen LogP contribution is 2.23. The van der Waals surface area contributed by atoms with Gasteiger partial charge in [0.05, 0.1) is 10.9 Å². The molecule has 2 aliphatic carbocycles. The summed E-state index contributed by atoms with van der Waals surface area (Å²) in [6, 6.07) is 8.06. The molecule has 3 aromatic rings. The fourth-order valence-corrected chi connectivity index (χ4v) is 4.86. The van der Waals surface area contributed by atoms with Gasteiger partial charge in [-0.1, -0.05) is 43.5 Å². The van der Waals surface area contributed by atoms with Gasteiger partial charge in [0, 0.05) is 44.5 Å². The van der Waals surface area contributed by atoms with Crippen molar-refractivity contribution in [1.82, 2.24) is 19.9 Å². The molecular formula is C29H37N5. The van der Waals surface area contributed by atoms with Crippen LogP contribution in [0.3, 0.4) is 0 Å². The molecule has 1 saturated carbocycles. The Balaban J connectivity index is 0.000000172. The van der Waals surface area contributed by atoms with Crippen LogP contribution in [0.4, 0.5) is 5.82 Å². The Morgan fingerprint density at radius 2 is 1.88 bits per heavy atom. The van der Waals surface area contributed by atoms with E-state index in [0.717, 1.165) is 41.6 Å². The van der Waals surface area contributed by atoms with Crippen LogP contribution in [0.25, 0.3) is 22.7 Å². The number of aryl methyl sites for hydroxylation is 2. The first-order valence-corrected chi connectivity index (χ1v) is 12.4. The minimum atomic E-state index is 0.812. The molecule has 1 N–H and O–H groups in total. The highest BCUT2D eigenvalue weighted by Gasteiger charge is 2.13. The number of benzene rings is 1. The summed E-state index contributed by atoms with van der Waals surface area (Å²) in [6.07, 6.45) is 17.6. The zero-order valence-electron chi connectivity index (χ0n) is 21.0. The van der Waals surface area contributed by atoms with Gasteiger partial charge in [0.25, 0.3) is 0 Å². The normalized spacial score (nSPS) is 15.1. The van der Waals surface area contributed by atoms with Crippen LogP contribution < -0.4 is 20.8 Å². The molecule has 34 heavy (non-hydrogen) atoms. The standard InChI is InChI=1S/C18H24N2.C11H13N3/c1-20-14-16(17-10-6-3-7-11-18(17)20)13-19-12-15-8-4-2-5-9-15;1-8-12-10-7-5-4-6-9(10)11(13-8)14(2)3/h3,6-7,11,14-15,19H,2,4-5,8-9,12-13H2,1H3;4-7H,1-3H3. The van der Waals surface area contributed by atoms with E-state index < -0.39 is 0 Å². The lowest BCUT2D eigenvalue weighted by Crippen LogP contribution is -2.30. The Kier molecular flexibility index (Phi) is 7.99. The maximum Gasteiger partial charge on any atom is 0.139 e. The summed E-state index contributed by atoms with van der Waals surface area (Å²) in [4.78, 5) is 10.8. The lowest BCUT2D eigenvalue weighted by Gasteiger charge is -2.21. The first-order valence-electron chi connectivity index (χ1n) is 12.4. The Bertz CT molecular complexity index is 1300. The molecule has 5 heteroatoms. The molecule has 1 aromatic carbocycles. The first-order chi connectivity index (χ1) is 16.5. The van der Waals surface area contributed by atoms with Crippen LogP contribution in [0.5, 0.6) is 0 Å². The lowest BCUT2D eigenvalue weighted by molar-refractivity contribution is 0.342. The van der Waals surface area contributed by atoms with Gasteiger partial charge in [-0.3, -0.25) is 0 Å². The number of anilines is 1. The van der Waals surface area contributed by atoms with Crippen molar-refractivity contribution in [3.63, 3.8) is 0 Å². The molecule has 0 aliphatic heterocycles. The van der Waals surface area contributed by atoms with Gasteiger partial charge in [-0.15, -0.1) is 5.73 Å². The number of rotatable bonds is 5.